The molecule has 1 aliphatic rings. The second-order valence-corrected chi connectivity index (χ2v) is 6.16. The number of carbonyl (C=O) groups is 1. The molecule has 0 radical (unpaired) electrons. The third-order valence-corrected chi connectivity index (χ3v) is 4.17. The zero-order valence-electron chi connectivity index (χ0n) is 12.2. The Morgan fingerprint density at radius 2 is 1.89 bits per heavy atom. The number of hydrogen-bond donors (Lipinski definition) is 1. The van der Waals surface area contributed by atoms with Gasteiger partial charge in [-0.1, -0.05) is 51.2 Å². The van der Waals surface area contributed by atoms with Crippen LogP contribution in [0.25, 0.3) is 0 Å². The van der Waals surface area contributed by atoms with Crippen molar-refractivity contribution in [3.05, 3.63) is 0 Å². The molecule has 0 aromatic carbocycles. The normalized spacial score (nSPS) is 16.3. The molecule has 0 saturated heterocycles. The van der Waals surface area contributed by atoms with E-state index in [4.69, 9.17) is 18.0 Å². The van der Waals surface area contributed by atoms with Crippen LogP contribution in [0, 0.1) is 5.92 Å². The maximum Gasteiger partial charge on any atom is 0.222 e. The molecule has 1 saturated carbocycles. The van der Waals surface area contributed by atoms with E-state index in [1.54, 1.807) is 0 Å². The number of nitrogens with two attached hydrogens (primary N) is 1. The second-order valence-electron chi connectivity index (χ2n) is 5.64. The Bertz CT molecular complexity index is 288. The average molecular weight is 284 g/mol. The summed E-state index contributed by atoms with van der Waals surface area (Å²) in [5.74, 6) is 1.06. The lowest BCUT2D eigenvalue weighted by molar-refractivity contribution is -0.131. The summed E-state index contributed by atoms with van der Waals surface area (Å²) in [6.07, 6.45) is 10.1. The number of rotatable bonds is 8. The van der Waals surface area contributed by atoms with Crippen LogP contribution >= 0.6 is 12.2 Å². The molecule has 4 heteroatoms. The third-order valence-electron chi connectivity index (χ3n) is 3.97. The predicted molar refractivity (Wildman–Crippen MR) is 84.1 cm³/mol. The van der Waals surface area contributed by atoms with Crippen LogP contribution in [0.3, 0.4) is 0 Å². The highest BCUT2D eigenvalue weighted by Gasteiger charge is 2.17. The molecule has 0 heterocycles. The lowest BCUT2D eigenvalue weighted by Crippen LogP contribution is -2.34. The summed E-state index contributed by atoms with van der Waals surface area (Å²) in [5.41, 5.74) is 5.52. The Kier molecular flexibility index (Phi) is 8.03. The summed E-state index contributed by atoms with van der Waals surface area (Å²) in [4.78, 5) is 14.7. The Labute approximate surface area is 122 Å². The number of thiocarbonyl (C=S) groups is 1. The summed E-state index contributed by atoms with van der Waals surface area (Å²) in [6.45, 7) is 3.61. The van der Waals surface area contributed by atoms with Gasteiger partial charge in [-0.15, -0.1) is 0 Å². The first kappa shape index (κ1) is 16.4. The SMILES string of the molecule is CCCN(CCC(N)=S)C(=O)CCC1CCCCC1. The predicted octanol–water partition coefficient (Wildman–Crippen LogP) is 3.26. The fraction of sp³-hybridized carbons (Fsp3) is 0.867. The molecule has 1 amide bonds. The quantitative estimate of drug-likeness (QED) is 0.696. The van der Waals surface area contributed by atoms with Gasteiger partial charge in [-0.2, -0.15) is 0 Å². The molecule has 1 rings (SSSR count). The van der Waals surface area contributed by atoms with Crippen LogP contribution in [-0.2, 0) is 4.79 Å². The second kappa shape index (κ2) is 9.29. The zero-order chi connectivity index (χ0) is 14.1. The van der Waals surface area contributed by atoms with Crippen molar-refractivity contribution in [3.63, 3.8) is 0 Å². The summed E-state index contributed by atoms with van der Waals surface area (Å²) in [5, 5.41) is 0. The highest BCUT2D eigenvalue weighted by molar-refractivity contribution is 7.80. The van der Waals surface area contributed by atoms with E-state index in [1.165, 1.54) is 32.1 Å². The van der Waals surface area contributed by atoms with Crippen LogP contribution < -0.4 is 5.73 Å². The van der Waals surface area contributed by atoms with Crippen molar-refractivity contribution in [1.82, 2.24) is 4.90 Å². The molecule has 0 aliphatic heterocycles. The summed E-state index contributed by atoms with van der Waals surface area (Å²) >= 11 is 4.89. The zero-order valence-corrected chi connectivity index (χ0v) is 13.0. The Morgan fingerprint density at radius 3 is 2.47 bits per heavy atom. The van der Waals surface area contributed by atoms with Gasteiger partial charge in [0.1, 0.15) is 0 Å². The van der Waals surface area contributed by atoms with Gasteiger partial charge in [0.25, 0.3) is 0 Å². The molecule has 3 nitrogen and oxygen atoms in total. The average Bonchev–Trinajstić information content (AvgIpc) is 2.41. The molecular weight excluding hydrogens is 256 g/mol. The Hall–Kier alpha value is -0.640. The van der Waals surface area contributed by atoms with Crippen LogP contribution in [0.15, 0.2) is 0 Å². The van der Waals surface area contributed by atoms with Gasteiger partial charge >= 0.3 is 0 Å². The maximum absolute atomic E-state index is 12.2. The van der Waals surface area contributed by atoms with Gasteiger partial charge < -0.3 is 10.6 Å². The molecule has 0 bridgehead atoms. The summed E-state index contributed by atoms with van der Waals surface area (Å²) in [6, 6.07) is 0. The fourth-order valence-electron chi connectivity index (χ4n) is 2.84. The van der Waals surface area contributed by atoms with E-state index in [1.807, 2.05) is 4.90 Å². The monoisotopic (exact) mass is 284 g/mol. The van der Waals surface area contributed by atoms with E-state index in [2.05, 4.69) is 6.92 Å². The largest absolute Gasteiger partial charge is 0.393 e. The van der Waals surface area contributed by atoms with Gasteiger partial charge in [-0.05, 0) is 18.8 Å². The first-order chi connectivity index (χ1) is 9.13. The minimum atomic E-state index is 0.281. The maximum atomic E-state index is 12.2. The van der Waals surface area contributed by atoms with E-state index in [-0.39, 0.29) is 5.91 Å². The van der Waals surface area contributed by atoms with Gasteiger partial charge in [-0.3, -0.25) is 4.79 Å². The van der Waals surface area contributed by atoms with Gasteiger partial charge in [0.05, 0.1) is 4.99 Å². The Morgan fingerprint density at radius 1 is 1.21 bits per heavy atom. The minimum absolute atomic E-state index is 0.281. The van der Waals surface area contributed by atoms with Crippen LogP contribution in [-0.4, -0.2) is 28.9 Å². The third kappa shape index (κ3) is 6.90. The topological polar surface area (TPSA) is 46.3 Å². The number of carbonyl (C=O) groups excluding carboxylic acids is 1. The first-order valence-corrected chi connectivity index (χ1v) is 8.10. The van der Waals surface area contributed by atoms with E-state index in [9.17, 15) is 4.79 Å². The van der Waals surface area contributed by atoms with Crippen molar-refractivity contribution in [2.45, 2.75) is 64.7 Å². The molecule has 0 aromatic heterocycles. The van der Waals surface area contributed by atoms with Crippen molar-refractivity contribution in [2.75, 3.05) is 13.1 Å². The molecule has 19 heavy (non-hydrogen) atoms. The minimum Gasteiger partial charge on any atom is -0.393 e. The highest BCUT2D eigenvalue weighted by Crippen LogP contribution is 2.27. The van der Waals surface area contributed by atoms with Gasteiger partial charge in [0.2, 0.25) is 5.91 Å². The van der Waals surface area contributed by atoms with Crippen molar-refractivity contribution < 1.29 is 4.79 Å². The van der Waals surface area contributed by atoms with Gasteiger partial charge in [0.15, 0.2) is 0 Å². The van der Waals surface area contributed by atoms with Crippen molar-refractivity contribution in [3.8, 4) is 0 Å². The van der Waals surface area contributed by atoms with E-state index in [0.29, 0.717) is 24.4 Å². The lowest BCUT2D eigenvalue weighted by Gasteiger charge is -2.25. The molecule has 0 unspecified atom stereocenters. The molecule has 2 N–H and O–H groups in total. The van der Waals surface area contributed by atoms with Crippen molar-refractivity contribution in [1.29, 1.82) is 0 Å². The standard InChI is InChI=1S/C15H28N2OS/c1-2-11-17(12-10-14(16)19)15(18)9-8-13-6-4-3-5-7-13/h13H,2-12H2,1H3,(H2,16,19). The first-order valence-electron chi connectivity index (χ1n) is 7.69. The molecule has 110 valence electrons. The van der Waals surface area contributed by atoms with Crippen LogP contribution in [0.5, 0.6) is 0 Å². The molecule has 0 aromatic rings. The lowest BCUT2D eigenvalue weighted by atomic mass is 9.86. The van der Waals surface area contributed by atoms with E-state index < -0.39 is 0 Å². The number of amides is 1. The summed E-state index contributed by atoms with van der Waals surface area (Å²) in [7, 11) is 0. The molecular formula is C15H28N2OS. The molecule has 0 atom stereocenters. The summed E-state index contributed by atoms with van der Waals surface area (Å²) < 4.78 is 0. The molecule has 1 aliphatic carbocycles. The fourth-order valence-corrected chi connectivity index (χ4v) is 2.93. The Balaban J connectivity index is 2.31. The van der Waals surface area contributed by atoms with Gasteiger partial charge in [-0.25, -0.2) is 0 Å². The highest BCUT2D eigenvalue weighted by atomic mass is 32.1. The van der Waals surface area contributed by atoms with Crippen LogP contribution in [0.1, 0.15) is 64.7 Å². The van der Waals surface area contributed by atoms with Crippen molar-refractivity contribution >= 4 is 23.1 Å². The molecule has 1 fully saturated rings. The van der Waals surface area contributed by atoms with Crippen LogP contribution in [0.2, 0.25) is 0 Å². The smallest absolute Gasteiger partial charge is 0.222 e. The van der Waals surface area contributed by atoms with E-state index in [0.717, 1.165) is 25.3 Å². The van der Waals surface area contributed by atoms with Gasteiger partial charge in [0, 0.05) is 25.9 Å². The van der Waals surface area contributed by atoms with E-state index >= 15 is 0 Å². The molecule has 0 spiro atoms. The number of hydrogen-bond acceptors (Lipinski definition) is 2. The van der Waals surface area contributed by atoms with Crippen LogP contribution in [0.4, 0.5) is 0 Å². The number of nitrogens with zero attached hydrogens (tertiary/aromatic N) is 1. The van der Waals surface area contributed by atoms with Crippen molar-refractivity contribution in [2.24, 2.45) is 11.7 Å².